The third kappa shape index (κ3) is 3.24. The van der Waals surface area contributed by atoms with Gasteiger partial charge in [-0.25, -0.2) is 0 Å². The molecule has 3 nitrogen and oxygen atoms in total. The number of nitrogens with zero attached hydrogens (tertiary/aromatic N) is 1. The highest BCUT2D eigenvalue weighted by Gasteiger charge is 2.48. The van der Waals surface area contributed by atoms with Crippen LogP contribution in [0.25, 0.3) is 10.8 Å². The summed E-state index contributed by atoms with van der Waals surface area (Å²) < 4.78 is 42.0. The van der Waals surface area contributed by atoms with Crippen molar-refractivity contribution in [2.24, 2.45) is 5.92 Å². The molecule has 0 amide bonds. The number of phenols is 1. The van der Waals surface area contributed by atoms with Gasteiger partial charge in [-0.3, -0.25) is 0 Å². The van der Waals surface area contributed by atoms with E-state index in [4.69, 9.17) is 0 Å². The maximum Gasteiger partial charge on any atom is 0.394 e. The molecule has 0 aromatic heterocycles. The van der Waals surface area contributed by atoms with Crippen molar-refractivity contribution in [3.05, 3.63) is 70.3 Å². The number of aryl methyl sites for hydroxylation is 2. The van der Waals surface area contributed by atoms with E-state index in [9.17, 15) is 23.5 Å². The van der Waals surface area contributed by atoms with E-state index in [2.05, 4.69) is 11.4 Å². The summed E-state index contributed by atoms with van der Waals surface area (Å²) in [5.74, 6) is -1.50. The molecule has 0 bridgehead atoms. The first kappa shape index (κ1) is 20.1. The van der Waals surface area contributed by atoms with Crippen molar-refractivity contribution in [3.8, 4) is 11.8 Å². The summed E-state index contributed by atoms with van der Waals surface area (Å²) >= 11 is 0. The molecule has 3 aromatic rings. The first-order chi connectivity index (χ1) is 14.2. The molecule has 1 aliphatic rings. The normalized spacial score (nSPS) is 18.7. The molecule has 0 heterocycles. The van der Waals surface area contributed by atoms with Crippen LogP contribution < -0.4 is 5.32 Å². The molecule has 1 aliphatic carbocycles. The van der Waals surface area contributed by atoms with Gasteiger partial charge in [0, 0.05) is 16.5 Å². The Morgan fingerprint density at radius 1 is 1.10 bits per heavy atom. The van der Waals surface area contributed by atoms with E-state index in [1.165, 1.54) is 0 Å². The number of fused-ring (bicyclic) bond motifs is 2. The van der Waals surface area contributed by atoms with Gasteiger partial charge in [-0.15, -0.1) is 0 Å². The number of nitrogens with one attached hydrogen (secondary N) is 1. The van der Waals surface area contributed by atoms with Gasteiger partial charge in [0.1, 0.15) is 5.75 Å². The molecule has 0 aliphatic heterocycles. The van der Waals surface area contributed by atoms with Crippen molar-refractivity contribution in [2.75, 3.05) is 5.32 Å². The summed E-state index contributed by atoms with van der Waals surface area (Å²) in [6.45, 7) is 3.55. The Hall–Kier alpha value is -3.20. The van der Waals surface area contributed by atoms with Crippen LogP contribution >= 0.6 is 0 Å². The third-order valence-electron chi connectivity index (χ3n) is 6.09. The summed E-state index contributed by atoms with van der Waals surface area (Å²) in [6.07, 6.45) is -4.08. The highest BCUT2D eigenvalue weighted by atomic mass is 19.4. The zero-order valence-corrected chi connectivity index (χ0v) is 16.6. The highest BCUT2D eigenvalue weighted by Crippen LogP contribution is 2.48. The Labute approximate surface area is 172 Å². The molecule has 154 valence electrons. The van der Waals surface area contributed by atoms with Crippen LogP contribution in [0.2, 0.25) is 0 Å². The number of hydrogen-bond acceptors (Lipinski definition) is 3. The number of hydrogen-bond donors (Lipinski definition) is 2. The van der Waals surface area contributed by atoms with E-state index in [0.29, 0.717) is 39.6 Å². The minimum atomic E-state index is -4.38. The van der Waals surface area contributed by atoms with Crippen LogP contribution in [0.15, 0.2) is 42.5 Å². The summed E-state index contributed by atoms with van der Waals surface area (Å²) in [5, 5.41) is 24.0. The maximum absolute atomic E-state index is 14.0. The second kappa shape index (κ2) is 7.24. The third-order valence-corrected chi connectivity index (χ3v) is 6.09. The summed E-state index contributed by atoms with van der Waals surface area (Å²) in [7, 11) is 0. The molecule has 4 rings (SSSR count). The second-order valence-corrected chi connectivity index (χ2v) is 7.86. The Morgan fingerprint density at radius 2 is 1.80 bits per heavy atom. The summed E-state index contributed by atoms with van der Waals surface area (Å²) in [6, 6.07) is 13.1. The Kier molecular flexibility index (Phi) is 4.85. The number of nitriles is 1. The van der Waals surface area contributed by atoms with Gasteiger partial charge in [-0.2, -0.15) is 18.4 Å². The number of rotatable bonds is 2. The van der Waals surface area contributed by atoms with Crippen LogP contribution in [0.5, 0.6) is 5.75 Å². The van der Waals surface area contributed by atoms with Crippen LogP contribution in [-0.4, -0.2) is 11.3 Å². The van der Waals surface area contributed by atoms with E-state index in [1.54, 1.807) is 43.3 Å². The zero-order valence-electron chi connectivity index (χ0n) is 16.6. The van der Waals surface area contributed by atoms with Gasteiger partial charge in [0.05, 0.1) is 23.6 Å². The summed E-state index contributed by atoms with van der Waals surface area (Å²) in [5.41, 5.74) is 3.75. The predicted octanol–water partition coefficient (Wildman–Crippen LogP) is 6.31. The van der Waals surface area contributed by atoms with E-state index < -0.39 is 18.1 Å². The first-order valence-corrected chi connectivity index (χ1v) is 9.79. The van der Waals surface area contributed by atoms with Gasteiger partial charge < -0.3 is 10.4 Å². The maximum atomic E-state index is 14.0. The van der Waals surface area contributed by atoms with Crippen molar-refractivity contribution in [2.45, 2.75) is 38.9 Å². The first-order valence-electron chi connectivity index (χ1n) is 9.79. The average Bonchev–Trinajstić information content (AvgIpc) is 2.68. The van der Waals surface area contributed by atoms with Gasteiger partial charge in [-0.1, -0.05) is 30.3 Å². The minimum Gasteiger partial charge on any atom is -0.507 e. The van der Waals surface area contributed by atoms with Crippen LogP contribution in [0.3, 0.4) is 0 Å². The van der Waals surface area contributed by atoms with Gasteiger partial charge in [0.2, 0.25) is 0 Å². The number of benzene rings is 3. The van der Waals surface area contributed by atoms with Gasteiger partial charge in [-0.05, 0) is 61.1 Å². The van der Waals surface area contributed by atoms with Gasteiger partial charge in [0.15, 0.2) is 0 Å². The quantitative estimate of drug-likeness (QED) is 0.520. The lowest BCUT2D eigenvalue weighted by Crippen LogP contribution is -2.37. The SMILES string of the molecule is Cc1cc2c(c(C)c1C#N)C(Nc1cccc3c(O)cccc13)C(C(F)(F)F)CC2. The number of alkyl halides is 3. The fourth-order valence-corrected chi connectivity index (χ4v) is 4.69. The van der Waals surface area contributed by atoms with Crippen molar-refractivity contribution < 1.29 is 18.3 Å². The molecule has 0 saturated carbocycles. The molecular formula is C24H21F3N2O. The molecule has 0 fully saturated rings. The predicted molar refractivity (Wildman–Crippen MR) is 110 cm³/mol. The molecule has 3 aromatic carbocycles. The van der Waals surface area contributed by atoms with Crippen LogP contribution in [0.4, 0.5) is 18.9 Å². The number of aromatic hydroxyl groups is 1. The number of anilines is 1. The van der Waals surface area contributed by atoms with E-state index in [1.807, 2.05) is 13.0 Å². The fourth-order valence-electron chi connectivity index (χ4n) is 4.69. The molecular weight excluding hydrogens is 389 g/mol. The number of phenolic OH excluding ortho intramolecular Hbond substituents is 1. The topological polar surface area (TPSA) is 56.0 Å². The molecule has 6 heteroatoms. The van der Waals surface area contributed by atoms with Crippen molar-refractivity contribution in [1.82, 2.24) is 0 Å². The molecule has 2 N–H and O–H groups in total. The standard InChI is InChI=1S/C24H21F3N2O/c1-13-11-15-9-10-19(24(25,26)27)23(22(15)14(2)18(13)12-28)29-20-7-3-6-17-16(20)5-4-8-21(17)30/h3-8,11,19,23,29-30H,9-10H2,1-2H3. The number of halogens is 3. The minimum absolute atomic E-state index is 0.0189. The van der Waals surface area contributed by atoms with Crippen LogP contribution in [0.1, 0.15) is 40.3 Å². The second-order valence-electron chi connectivity index (χ2n) is 7.86. The molecule has 0 saturated heterocycles. The van der Waals surface area contributed by atoms with Crippen LogP contribution in [-0.2, 0) is 6.42 Å². The van der Waals surface area contributed by atoms with Crippen molar-refractivity contribution >= 4 is 16.5 Å². The van der Waals surface area contributed by atoms with Gasteiger partial charge >= 0.3 is 6.18 Å². The molecule has 0 radical (unpaired) electrons. The summed E-state index contributed by atoms with van der Waals surface area (Å²) in [4.78, 5) is 0. The lowest BCUT2D eigenvalue weighted by molar-refractivity contribution is -0.182. The van der Waals surface area contributed by atoms with Crippen LogP contribution in [0, 0.1) is 31.1 Å². The van der Waals surface area contributed by atoms with Gasteiger partial charge in [0.25, 0.3) is 0 Å². The lowest BCUT2D eigenvalue weighted by Gasteiger charge is -2.37. The molecule has 2 unspecified atom stereocenters. The molecule has 2 atom stereocenters. The largest absolute Gasteiger partial charge is 0.507 e. The van der Waals surface area contributed by atoms with E-state index in [0.717, 1.165) is 11.1 Å². The highest BCUT2D eigenvalue weighted by molar-refractivity contribution is 5.97. The Balaban J connectivity index is 1.91. The molecule has 30 heavy (non-hydrogen) atoms. The van der Waals surface area contributed by atoms with E-state index >= 15 is 0 Å². The fraction of sp³-hybridized carbons (Fsp3) is 0.292. The Bertz CT molecular complexity index is 1180. The zero-order chi connectivity index (χ0) is 21.6. The monoisotopic (exact) mass is 410 g/mol. The smallest absolute Gasteiger partial charge is 0.394 e. The van der Waals surface area contributed by atoms with Crippen molar-refractivity contribution in [3.63, 3.8) is 0 Å². The average molecular weight is 410 g/mol. The lowest BCUT2D eigenvalue weighted by atomic mass is 9.75. The molecule has 0 spiro atoms. The Morgan fingerprint density at radius 3 is 2.50 bits per heavy atom. The van der Waals surface area contributed by atoms with E-state index in [-0.39, 0.29) is 12.2 Å². The van der Waals surface area contributed by atoms with Crippen molar-refractivity contribution in [1.29, 1.82) is 5.26 Å².